The lowest BCUT2D eigenvalue weighted by Crippen LogP contribution is -1.97. The summed E-state index contributed by atoms with van der Waals surface area (Å²) in [6.07, 6.45) is 1.77. The van der Waals surface area contributed by atoms with Crippen LogP contribution in [0.5, 0.6) is 0 Å². The largest absolute Gasteiger partial charge is 0.399 e. The van der Waals surface area contributed by atoms with Gasteiger partial charge in [0.1, 0.15) is 0 Å². The smallest absolute Gasteiger partial charge is 0.227 e. The van der Waals surface area contributed by atoms with Gasteiger partial charge in [-0.15, -0.1) is 12.6 Å². The summed E-state index contributed by atoms with van der Waals surface area (Å²) < 4.78 is 0. The molecule has 5 heteroatoms. The number of benzene rings is 2. The first-order valence-corrected chi connectivity index (χ1v) is 6.24. The highest BCUT2D eigenvalue weighted by atomic mass is 32.1. The Kier molecular flexibility index (Phi) is 2.97. The van der Waals surface area contributed by atoms with Gasteiger partial charge in [-0.2, -0.15) is 0 Å². The molecule has 3 N–H and O–H groups in total. The van der Waals surface area contributed by atoms with Gasteiger partial charge in [-0.25, -0.2) is 9.97 Å². The highest BCUT2D eigenvalue weighted by Gasteiger charge is 2.01. The zero-order valence-electron chi connectivity index (χ0n) is 10.0. The lowest BCUT2D eigenvalue weighted by molar-refractivity contribution is 1.21. The van der Waals surface area contributed by atoms with Crippen LogP contribution in [0.15, 0.2) is 53.6 Å². The predicted molar refractivity (Wildman–Crippen MR) is 80.9 cm³/mol. The van der Waals surface area contributed by atoms with Crippen LogP contribution in [0.3, 0.4) is 0 Å². The number of rotatable bonds is 2. The number of anilines is 3. The average molecular weight is 268 g/mol. The number of nitrogens with two attached hydrogens (primary N) is 1. The number of aromatic nitrogens is 2. The maximum Gasteiger partial charge on any atom is 0.227 e. The minimum atomic E-state index is 0.546. The number of fused-ring (bicyclic) bond motifs is 1. The van der Waals surface area contributed by atoms with Crippen molar-refractivity contribution in [2.24, 2.45) is 0 Å². The van der Waals surface area contributed by atoms with Crippen LogP contribution in [0.1, 0.15) is 0 Å². The quantitative estimate of drug-likeness (QED) is 0.493. The van der Waals surface area contributed by atoms with Gasteiger partial charge in [-0.3, -0.25) is 0 Å². The molecule has 0 unspecified atom stereocenters. The average Bonchev–Trinajstić information content (AvgIpc) is 2.41. The van der Waals surface area contributed by atoms with E-state index in [0.29, 0.717) is 11.6 Å². The monoisotopic (exact) mass is 268 g/mol. The van der Waals surface area contributed by atoms with Gasteiger partial charge in [-0.1, -0.05) is 0 Å². The van der Waals surface area contributed by atoms with Gasteiger partial charge in [0.15, 0.2) is 0 Å². The Balaban J connectivity index is 1.94. The first-order chi connectivity index (χ1) is 9.20. The molecular formula is C14H12N4S. The van der Waals surface area contributed by atoms with Gasteiger partial charge < -0.3 is 11.1 Å². The number of nitrogens with one attached hydrogen (secondary N) is 1. The zero-order chi connectivity index (χ0) is 13.2. The van der Waals surface area contributed by atoms with Gasteiger partial charge in [0.2, 0.25) is 5.95 Å². The summed E-state index contributed by atoms with van der Waals surface area (Å²) in [5.41, 5.74) is 8.19. The fourth-order valence-electron chi connectivity index (χ4n) is 1.77. The fourth-order valence-corrected chi connectivity index (χ4v) is 1.92. The molecule has 4 nitrogen and oxygen atoms in total. The molecule has 0 bridgehead atoms. The van der Waals surface area contributed by atoms with E-state index in [4.69, 9.17) is 5.73 Å². The van der Waals surface area contributed by atoms with Crippen LogP contribution in [0.4, 0.5) is 17.3 Å². The number of hydrogen-bond donors (Lipinski definition) is 3. The molecule has 0 aliphatic carbocycles. The van der Waals surface area contributed by atoms with Crippen molar-refractivity contribution in [3.63, 3.8) is 0 Å². The van der Waals surface area contributed by atoms with Crippen molar-refractivity contribution in [1.29, 1.82) is 0 Å². The summed E-state index contributed by atoms with van der Waals surface area (Å²) in [4.78, 5) is 9.62. The summed E-state index contributed by atoms with van der Waals surface area (Å²) in [6, 6.07) is 13.2. The molecule has 0 aliphatic heterocycles. The molecule has 94 valence electrons. The molecule has 0 radical (unpaired) electrons. The van der Waals surface area contributed by atoms with Crippen LogP contribution >= 0.6 is 12.6 Å². The summed E-state index contributed by atoms with van der Waals surface area (Å²) in [5.74, 6) is 0.546. The Morgan fingerprint density at radius 3 is 2.63 bits per heavy atom. The number of nitrogens with zero attached hydrogens (tertiary/aromatic N) is 2. The van der Waals surface area contributed by atoms with Crippen LogP contribution in [-0.4, -0.2) is 9.97 Å². The minimum absolute atomic E-state index is 0.546. The van der Waals surface area contributed by atoms with E-state index in [2.05, 4.69) is 27.9 Å². The maximum atomic E-state index is 5.75. The Morgan fingerprint density at radius 1 is 1.05 bits per heavy atom. The van der Waals surface area contributed by atoms with Crippen LogP contribution in [0, 0.1) is 0 Å². The second kappa shape index (κ2) is 4.78. The van der Waals surface area contributed by atoms with Crippen molar-refractivity contribution in [3.8, 4) is 0 Å². The molecule has 1 heterocycles. The van der Waals surface area contributed by atoms with Crippen molar-refractivity contribution in [1.82, 2.24) is 9.97 Å². The summed E-state index contributed by atoms with van der Waals surface area (Å²) in [7, 11) is 0. The fraction of sp³-hybridized carbons (Fsp3) is 0. The molecule has 0 amide bonds. The maximum absolute atomic E-state index is 5.75. The van der Waals surface area contributed by atoms with E-state index in [1.54, 1.807) is 6.20 Å². The molecule has 3 aromatic rings. The Bertz CT molecular complexity index is 725. The summed E-state index contributed by atoms with van der Waals surface area (Å²) >= 11 is 4.24. The Morgan fingerprint density at radius 2 is 1.84 bits per heavy atom. The minimum Gasteiger partial charge on any atom is -0.399 e. The standard InChI is InChI=1S/C14H12N4S/c15-10-2-1-9-8-16-14(18-13(9)7-10)17-11-3-5-12(19)6-4-11/h1-8,19H,15H2,(H,16,17,18). The van der Waals surface area contributed by atoms with Gasteiger partial charge in [0, 0.05) is 27.9 Å². The van der Waals surface area contributed by atoms with E-state index in [1.807, 2.05) is 42.5 Å². The van der Waals surface area contributed by atoms with Crippen molar-refractivity contribution >= 4 is 40.9 Å². The summed E-state index contributed by atoms with van der Waals surface area (Å²) in [5, 5.41) is 4.11. The Hall–Kier alpha value is -2.27. The topological polar surface area (TPSA) is 63.8 Å². The van der Waals surface area contributed by atoms with E-state index < -0.39 is 0 Å². The number of nitrogen functional groups attached to an aromatic ring is 1. The number of thiol groups is 1. The highest BCUT2D eigenvalue weighted by molar-refractivity contribution is 7.80. The number of hydrogen-bond acceptors (Lipinski definition) is 5. The summed E-state index contributed by atoms with van der Waals surface area (Å²) in [6.45, 7) is 0. The SMILES string of the molecule is Nc1ccc2cnc(Nc3ccc(S)cc3)nc2c1. The zero-order valence-corrected chi connectivity index (χ0v) is 10.9. The van der Waals surface area contributed by atoms with E-state index in [9.17, 15) is 0 Å². The van der Waals surface area contributed by atoms with Gasteiger partial charge in [0.05, 0.1) is 5.52 Å². The second-order valence-electron chi connectivity index (χ2n) is 4.18. The predicted octanol–water partition coefficient (Wildman–Crippen LogP) is 3.24. The lowest BCUT2D eigenvalue weighted by Gasteiger charge is -2.06. The highest BCUT2D eigenvalue weighted by Crippen LogP contribution is 2.19. The molecule has 0 atom stereocenters. The Labute approximate surface area is 116 Å². The molecule has 19 heavy (non-hydrogen) atoms. The van der Waals surface area contributed by atoms with Crippen LogP contribution in [0.2, 0.25) is 0 Å². The van der Waals surface area contributed by atoms with Crippen molar-refractivity contribution in [3.05, 3.63) is 48.7 Å². The van der Waals surface area contributed by atoms with Gasteiger partial charge in [-0.05, 0) is 42.5 Å². The molecule has 0 saturated heterocycles. The second-order valence-corrected chi connectivity index (χ2v) is 4.70. The third-order valence-corrected chi connectivity index (χ3v) is 3.03. The van der Waals surface area contributed by atoms with Gasteiger partial charge >= 0.3 is 0 Å². The molecular weight excluding hydrogens is 256 g/mol. The van der Waals surface area contributed by atoms with E-state index in [0.717, 1.165) is 21.5 Å². The molecule has 0 spiro atoms. The van der Waals surface area contributed by atoms with E-state index in [1.165, 1.54) is 0 Å². The third kappa shape index (κ3) is 2.61. The van der Waals surface area contributed by atoms with Crippen molar-refractivity contribution in [2.45, 2.75) is 4.90 Å². The molecule has 3 rings (SSSR count). The van der Waals surface area contributed by atoms with E-state index in [-0.39, 0.29) is 0 Å². The molecule has 1 aromatic heterocycles. The molecule has 0 saturated carbocycles. The van der Waals surface area contributed by atoms with Crippen molar-refractivity contribution in [2.75, 3.05) is 11.1 Å². The van der Waals surface area contributed by atoms with Crippen LogP contribution in [0.25, 0.3) is 10.9 Å². The molecule has 0 aliphatic rings. The molecule has 0 fully saturated rings. The van der Waals surface area contributed by atoms with Gasteiger partial charge in [0.25, 0.3) is 0 Å². The first kappa shape index (κ1) is 11.8. The normalized spacial score (nSPS) is 10.6. The first-order valence-electron chi connectivity index (χ1n) is 5.79. The lowest BCUT2D eigenvalue weighted by atomic mass is 10.2. The molecule has 2 aromatic carbocycles. The van der Waals surface area contributed by atoms with Crippen molar-refractivity contribution < 1.29 is 0 Å². The van der Waals surface area contributed by atoms with Crippen LogP contribution in [-0.2, 0) is 0 Å². The van der Waals surface area contributed by atoms with Crippen LogP contribution < -0.4 is 11.1 Å². The van der Waals surface area contributed by atoms with E-state index >= 15 is 0 Å². The third-order valence-electron chi connectivity index (χ3n) is 2.73.